The predicted octanol–water partition coefficient (Wildman–Crippen LogP) is 2.14. The molecule has 0 bridgehead atoms. The zero-order chi connectivity index (χ0) is 12.1. The summed E-state index contributed by atoms with van der Waals surface area (Å²) in [6.45, 7) is 4.45. The fourth-order valence-corrected chi connectivity index (χ4v) is 1.36. The fourth-order valence-electron chi connectivity index (χ4n) is 1.36. The summed E-state index contributed by atoms with van der Waals surface area (Å²) in [5.41, 5.74) is 2.00. The molecule has 0 saturated heterocycles. The number of ether oxygens (including phenoxy) is 1. The molecule has 0 aliphatic carbocycles. The molecule has 1 unspecified atom stereocenters. The molecule has 1 aromatic rings. The monoisotopic (exact) mass is 223 g/mol. The zero-order valence-corrected chi connectivity index (χ0v) is 9.78. The third-order valence-corrected chi connectivity index (χ3v) is 2.45. The van der Waals surface area contributed by atoms with Gasteiger partial charge in [0.2, 0.25) is 0 Å². The molecule has 0 aliphatic heterocycles. The molecule has 0 saturated carbocycles. The van der Waals surface area contributed by atoms with Crippen molar-refractivity contribution in [2.45, 2.75) is 20.0 Å². The number of nitrogens with one attached hydrogen (secondary N) is 1. The summed E-state index contributed by atoms with van der Waals surface area (Å²) in [6, 6.07) is 5.20. The topological polar surface area (TPSA) is 58.6 Å². The zero-order valence-electron chi connectivity index (χ0n) is 9.78. The van der Waals surface area contributed by atoms with Crippen LogP contribution >= 0.6 is 0 Å². The average molecular weight is 223 g/mol. The number of anilines is 1. The van der Waals surface area contributed by atoms with E-state index in [2.05, 4.69) is 5.32 Å². The number of methoxy groups -OCH3 is 1. The van der Waals surface area contributed by atoms with Gasteiger partial charge in [0.25, 0.3) is 0 Å². The van der Waals surface area contributed by atoms with E-state index in [1.807, 2.05) is 13.0 Å². The van der Waals surface area contributed by atoms with E-state index < -0.39 is 5.97 Å². The van der Waals surface area contributed by atoms with E-state index in [0.29, 0.717) is 12.1 Å². The fraction of sp³-hybridized carbons (Fsp3) is 0.417. The lowest BCUT2D eigenvalue weighted by Gasteiger charge is -2.12. The number of hydrogen-bond donors (Lipinski definition) is 2. The molecule has 4 heteroatoms. The van der Waals surface area contributed by atoms with Gasteiger partial charge in [-0.1, -0.05) is 0 Å². The van der Waals surface area contributed by atoms with E-state index in [1.54, 1.807) is 26.2 Å². The first-order valence-electron chi connectivity index (χ1n) is 5.15. The van der Waals surface area contributed by atoms with Crippen molar-refractivity contribution >= 4 is 11.7 Å². The Morgan fingerprint density at radius 3 is 2.75 bits per heavy atom. The van der Waals surface area contributed by atoms with Gasteiger partial charge in [0.1, 0.15) is 0 Å². The summed E-state index contributed by atoms with van der Waals surface area (Å²) in [5.74, 6) is -0.894. The van der Waals surface area contributed by atoms with Gasteiger partial charge in [-0.2, -0.15) is 0 Å². The minimum Gasteiger partial charge on any atom is -0.478 e. The summed E-state index contributed by atoms with van der Waals surface area (Å²) >= 11 is 0. The van der Waals surface area contributed by atoms with Gasteiger partial charge >= 0.3 is 5.97 Å². The smallest absolute Gasteiger partial charge is 0.335 e. The first kappa shape index (κ1) is 12.5. The van der Waals surface area contributed by atoms with Crippen LogP contribution in [0.5, 0.6) is 0 Å². The largest absolute Gasteiger partial charge is 0.478 e. The van der Waals surface area contributed by atoms with Gasteiger partial charge in [0, 0.05) is 19.3 Å². The number of carbonyl (C=O) groups is 1. The molecule has 0 fully saturated rings. The summed E-state index contributed by atoms with van der Waals surface area (Å²) < 4.78 is 5.11. The highest BCUT2D eigenvalue weighted by Crippen LogP contribution is 2.15. The Balaban J connectivity index is 2.70. The van der Waals surface area contributed by atoms with Crippen LogP contribution in [-0.2, 0) is 4.74 Å². The molecule has 88 valence electrons. The number of carboxylic acids is 1. The van der Waals surface area contributed by atoms with Gasteiger partial charge in [-0.05, 0) is 37.6 Å². The molecule has 0 radical (unpaired) electrons. The highest BCUT2D eigenvalue weighted by molar-refractivity contribution is 5.89. The van der Waals surface area contributed by atoms with Crippen molar-refractivity contribution in [2.75, 3.05) is 19.0 Å². The molecule has 0 heterocycles. The van der Waals surface area contributed by atoms with E-state index in [4.69, 9.17) is 9.84 Å². The van der Waals surface area contributed by atoms with Crippen LogP contribution in [0.15, 0.2) is 18.2 Å². The molecule has 0 aromatic heterocycles. The van der Waals surface area contributed by atoms with Crippen molar-refractivity contribution in [2.24, 2.45) is 0 Å². The molecule has 4 nitrogen and oxygen atoms in total. The van der Waals surface area contributed by atoms with Crippen molar-refractivity contribution in [3.8, 4) is 0 Å². The lowest BCUT2D eigenvalue weighted by Crippen LogP contribution is -2.18. The van der Waals surface area contributed by atoms with Gasteiger partial charge in [0.05, 0.1) is 11.7 Å². The number of aromatic carboxylic acids is 1. The molecule has 16 heavy (non-hydrogen) atoms. The van der Waals surface area contributed by atoms with Crippen LogP contribution in [0.25, 0.3) is 0 Å². The van der Waals surface area contributed by atoms with E-state index in [0.717, 1.165) is 11.3 Å². The normalized spacial score (nSPS) is 12.2. The summed E-state index contributed by atoms with van der Waals surface area (Å²) in [6.07, 6.45) is 0.124. The molecule has 1 rings (SSSR count). The molecular formula is C12H17NO3. The summed E-state index contributed by atoms with van der Waals surface area (Å²) in [4.78, 5) is 10.8. The van der Waals surface area contributed by atoms with Crippen LogP contribution in [0.1, 0.15) is 22.8 Å². The van der Waals surface area contributed by atoms with Gasteiger partial charge in [-0.15, -0.1) is 0 Å². The third-order valence-electron chi connectivity index (χ3n) is 2.45. The Morgan fingerprint density at radius 2 is 2.25 bits per heavy atom. The van der Waals surface area contributed by atoms with Crippen molar-refractivity contribution in [3.05, 3.63) is 29.3 Å². The molecular weight excluding hydrogens is 206 g/mol. The van der Waals surface area contributed by atoms with Gasteiger partial charge < -0.3 is 15.2 Å². The number of aryl methyl sites for hydroxylation is 1. The minimum atomic E-state index is -0.894. The maximum absolute atomic E-state index is 10.8. The van der Waals surface area contributed by atoms with Gasteiger partial charge in [-0.25, -0.2) is 4.79 Å². The summed E-state index contributed by atoms with van der Waals surface area (Å²) in [7, 11) is 1.66. The van der Waals surface area contributed by atoms with Crippen LogP contribution in [0.2, 0.25) is 0 Å². The Bertz CT molecular complexity index is 377. The van der Waals surface area contributed by atoms with Crippen LogP contribution in [0, 0.1) is 6.92 Å². The highest BCUT2D eigenvalue weighted by atomic mass is 16.5. The number of rotatable bonds is 5. The number of hydrogen-bond acceptors (Lipinski definition) is 3. The Labute approximate surface area is 95.2 Å². The third kappa shape index (κ3) is 3.24. The van der Waals surface area contributed by atoms with Crippen molar-refractivity contribution in [1.29, 1.82) is 0 Å². The second kappa shape index (κ2) is 5.51. The molecule has 0 aliphatic rings. The second-order valence-electron chi connectivity index (χ2n) is 3.76. The van der Waals surface area contributed by atoms with Crippen LogP contribution in [-0.4, -0.2) is 30.8 Å². The Kier molecular flexibility index (Phi) is 4.31. The van der Waals surface area contributed by atoms with E-state index in [-0.39, 0.29) is 6.10 Å². The lowest BCUT2D eigenvalue weighted by atomic mass is 10.1. The van der Waals surface area contributed by atoms with Crippen LogP contribution in [0.3, 0.4) is 0 Å². The van der Waals surface area contributed by atoms with E-state index in [1.165, 1.54) is 0 Å². The van der Waals surface area contributed by atoms with E-state index in [9.17, 15) is 4.79 Å². The van der Waals surface area contributed by atoms with Gasteiger partial charge in [0.15, 0.2) is 0 Å². The number of carboxylic acid groups (broad SMARTS) is 1. The average Bonchev–Trinajstić information content (AvgIpc) is 2.25. The first-order chi connectivity index (χ1) is 7.54. The van der Waals surface area contributed by atoms with Crippen molar-refractivity contribution < 1.29 is 14.6 Å². The Hall–Kier alpha value is -1.55. The second-order valence-corrected chi connectivity index (χ2v) is 3.76. The van der Waals surface area contributed by atoms with Crippen LogP contribution in [0.4, 0.5) is 5.69 Å². The van der Waals surface area contributed by atoms with Gasteiger partial charge in [-0.3, -0.25) is 0 Å². The number of benzene rings is 1. The molecule has 1 atom stereocenters. The maximum Gasteiger partial charge on any atom is 0.335 e. The highest BCUT2D eigenvalue weighted by Gasteiger charge is 2.07. The van der Waals surface area contributed by atoms with Crippen molar-refractivity contribution in [1.82, 2.24) is 0 Å². The lowest BCUT2D eigenvalue weighted by molar-refractivity contribution is 0.0696. The quantitative estimate of drug-likeness (QED) is 0.803. The Morgan fingerprint density at radius 1 is 1.56 bits per heavy atom. The van der Waals surface area contributed by atoms with E-state index >= 15 is 0 Å². The molecule has 0 spiro atoms. The minimum absolute atomic E-state index is 0.124. The molecule has 1 aromatic carbocycles. The predicted molar refractivity (Wildman–Crippen MR) is 63.1 cm³/mol. The van der Waals surface area contributed by atoms with Crippen molar-refractivity contribution in [3.63, 3.8) is 0 Å². The standard InChI is InChI=1S/C12H17NO3/c1-8-6-10(13-7-9(2)16-3)4-5-11(8)12(14)15/h4-6,9,13H,7H2,1-3H3,(H,14,15). The van der Waals surface area contributed by atoms with Crippen LogP contribution < -0.4 is 5.32 Å². The first-order valence-corrected chi connectivity index (χ1v) is 5.15. The molecule has 2 N–H and O–H groups in total. The maximum atomic E-state index is 10.8. The molecule has 0 amide bonds. The SMILES string of the molecule is COC(C)CNc1ccc(C(=O)O)c(C)c1. The summed E-state index contributed by atoms with van der Waals surface area (Å²) in [5, 5.41) is 12.1.